The number of hydrogen-bond donors (Lipinski definition) is 2. The molecule has 0 aliphatic rings. The Kier molecular flexibility index (Phi) is 8.69. The molecule has 2 heterocycles. The third-order valence-electron chi connectivity index (χ3n) is 4.71. The summed E-state index contributed by atoms with van der Waals surface area (Å²) in [4.78, 5) is 21.3. The second-order valence-electron chi connectivity index (χ2n) is 7.23. The lowest BCUT2D eigenvalue weighted by atomic mass is 10.1. The van der Waals surface area contributed by atoms with E-state index in [1.807, 2.05) is 6.92 Å². The zero-order chi connectivity index (χ0) is 23.5. The molecular weight excluding hydrogens is 480 g/mol. The molecule has 0 saturated heterocycles. The number of aromatic nitrogens is 3. The highest BCUT2D eigenvalue weighted by Crippen LogP contribution is 2.25. The first-order valence-electron chi connectivity index (χ1n) is 9.78. The normalized spacial score (nSPS) is 12.3. The van der Waals surface area contributed by atoms with Crippen molar-refractivity contribution in [3.8, 4) is 11.5 Å². The molecule has 33 heavy (non-hydrogen) atoms. The van der Waals surface area contributed by atoms with Crippen LogP contribution in [0.5, 0.6) is 11.5 Å². The van der Waals surface area contributed by atoms with Crippen LogP contribution in [0.4, 0.5) is 14.7 Å². The van der Waals surface area contributed by atoms with Crippen LogP contribution in [0.1, 0.15) is 19.8 Å². The van der Waals surface area contributed by atoms with Gasteiger partial charge in [0.15, 0.2) is 17.3 Å². The summed E-state index contributed by atoms with van der Waals surface area (Å²) in [5.41, 5.74) is -0.237. The van der Waals surface area contributed by atoms with Crippen molar-refractivity contribution in [1.82, 2.24) is 19.3 Å². The van der Waals surface area contributed by atoms with Crippen molar-refractivity contribution in [3.63, 3.8) is 0 Å². The summed E-state index contributed by atoms with van der Waals surface area (Å²) in [6.45, 7) is 2.20. The molecule has 1 aromatic carbocycles. The van der Waals surface area contributed by atoms with E-state index in [0.29, 0.717) is 29.9 Å². The Morgan fingerprint density at radius 3 is 2.58 bits per heavy atom. The van der Waals surface area contributed by atoms with E-state index < -0.39 is 27.2 Å². The van der Waals surface area contributed by atoms with Crippen LogP contribution in [0.2, 0.25) is 0 Å². The number of pyridine rings is 1. The molecule has 1 atom stereocenters. The number of benzene rings is 1. The summed E-state index contributed by atoms with van der Waals surface area (Å²) < 4.78 is 58.5. The zero-order valence-electron chi connectivity index (χ0n) is 18.1. The second-order valence-corrected chi connectivity index (χ2v) is 9.06. The van der Waals surface area contributed by atoms with Crippen LogP contribution < -0.4 is 20.3 Å². The number of hydrogen-bond acceptors (Lipinski definition) is 7. The maximum atomic E-state index is 13.9. The van der Waals surface area contributed by atoms with Crippen LogP contribution >= 0.6 is 12.4 Å². The summed E-state index contributed by atoms with van der Waals surface area (Å²) in [6.07, 6.45) is 3.79. The first kappa shape index (κ1) is 26.4. The fourth-order valence-corrected chi connectivity index (χ4v) is 3.50. The van der Waals surface area contributed by atoms with Crippen molar-refractivity contribution < 1.29 is 21.9 Å². The lowest BCUT2D eigenvalue weighted by Crippen LogP contribution is -2.29. The van der Waals surface area contributed by atoms with E-state index in [9.17, 15) is 22.0 Å². The van der Waals surface area contributed by atoms with E-state index in [0.717, 1.165) is 18.4 Å². The van der Waals surface area contributed by atoms with Gasteiger partial charge in [-0.15, -0.1) is 12.4 Å². The molecule has 0 aliphatic carbocycles. The molecule has 0 bridgehead atoms. The number of fused-ring (bicyclic) bond motifs is 1. The smallest absolute Gasteiger partial charge is 0.294 e. The Balaban J connectivity index is 0.00000385. The van der Waals surface area contributed by atoms with Gasteiger partial charge in [-0.1, -0.05) is 6.92 Å². The Bertz CT molecular complexity index is 1300. The molecule has 2 N–H and O–H groups in total. The first-order valence-corrected chi connectivity index (χ1v) is 11.7. The first-order chi connectivity index (χ1) is 15.1. The van der Waals surface area contributed by atoms with Gasteiger partial charge in [0.1, 0.15) is 11.5 Å². The topological polar surface area (TPSA) is 115 Å². The molecule has 1 unspecified atom stereocenters. The molecule has 0 amide bonds. The Hall–Kier alpha value is -2.83. The maximum Gasteiger partial charge on any atom is 0.294 e. The summed E-state index contributed by atoms with van der Waals surface area (Å²) in [5, 5.41) is 3.61. The standard InChI is InChI=1S/C20H23F2N5O4S.ClH/c1-4-14(7-8-24-32(3,29)30)25-20-23-11-12-9-17(19(28)27(2)18(12)26-20)31-16-6-5-13(21)10-15(16)22;/h5-6,9-11,14,24H,4,7-8H2,1-3H3,(H,23,25,26);1H. The van der Waals surface area contributed by atoms with Gasteiger partial charge in [0.05, 0.1) is 6.26 Å². The number of rotatable bonds is 9. The van der Waals surface area contributed by atoms with Gasteiger partial charge in [0.2, 0.25) is 16.0 Å². The predicted octanol–water partition coefficient (Wildman–Crippen LogP) is 2.95. The molecule has 0 aliphatic heterocycles. The van der Waals surface area contributed by atoms with Crippen LogP contribution in [0, 0.1) is 11.6 Å². The summed E-state index contributed by atoms with van der Waals surface area (Å²) in [7, 11) is -1.78. The van der Waals surface area contributed by atoms with E-state index >= 15 is 0 Å². The third kappa shape index (κ3) is 6.83. The van der Waals surface area contributed by atoms with Gasteiger partial charge < -0.3 is 10.1 Å². The van der Waals surface area contributed by atoms with Gasteiger partial charge in [-0.3, -0.25) is 9.36 Å². The number of nitrogens with one attached hydrogen (secondary N) is 2. The van der Waals surface area contributed by atoms with Crippen LogP contribution in [0.15, 0.2) is 35.3 Å². The predicted molar refractivity (Wildman–Crippen MR) is 124 cm³/mol. The number of aryl methyl sites for hydroxylation is 1. The molecule has 180 valence electrons. The van der Waals surface area contributed by atoms with E-state index in [1.54, 1.807) is 0 Å². The average Bonchev–Trinajstić information content (AvgIpc) is 2.72. The number of anilines is 1. The lowest BCUT2D eigenvalue weighted by molar-refractivity contribution is 0.430. The molecule has 3 rings (SSSR count). The fraction of sp³-hybridized carbons (Fsp3) is 0.350. The maximum absolute atomic E-state index is 13.9. The van der Waals surface area contributed by atoms with Crippen molar-refractivity contribution in [2.24, 2.45) is 7.05 Å². The molecular formula is C20H24ClF2N5O4S. The monoisotopic (exact) mass is 503 g/mol. The fourth-order valence-electron chi connectivity index (χ4n) is 3.02. The second kappa shape index (κ2) is 10.9. The van der Waals surface area contributed by atoms with Crippen LogP contribution in [0.3, 0.4) is 0 Å². The number of nitrogens with zero attached hydrogens (tertiary/aromatic N) is 3. The molecule has 0 radical (unpaired) electrons. The average molecular weight is 504 g/mol. The highest BCUT2D eigenvalue weighted by molar-refractivity contribution is 7.88. The molecule has 0 fully saturated rings. The molecule has 3 aromatic rings. The van der Waals surface area contributed by atoms with Crippen molar-refractivity contribution in [3.05, 3.63) is 52.5 Å². The molecule has 0 spiro atoms. The van der Waals surface area contributed by atoms with Gasteiger partial charge in [-0.05, 0) is 31.0 Å². The van der Waals surface area contributed by atoms with Gasteiger partial charge in [0.25, 0.3) is 5.56 Å². The Labute approximate surface area is 195 Å². The van der Waals surface area contributed by atoms with Gasteiger partial charge in [-0.25, -0.2) is 26.9 Å². The summed E-state index contributed by atoms with van der Waals surface area (Å²) in [5.74, 6) is -1.85. The third-order valence-corrected chi connectivity index (χ3v) is 5.44. The molecule has 2 aromatic heterocycles. The van der Waals surface area contributed by atoms with Crippen molar-refractivity contribution in [1.29, 1.82) is 0 Å². The van der Waals surface area contributed by atoms with Crippen molar-refractivity contribution >= 4 is 39.4 Å². The Morgan fingerprint density at radius 2 is 1.94 bits per heavy atom. The molecule has 9 nitrogen and oxygen atoms in total. The van der Waals surface area contributed by atoms with Crippen LogP contribution in [-0.4, -0.2) is 41.8 Å². The summed E-state index contributed by atoms with van der Waals surface area (Å²) >= 11 is 0. The minimum atomic E-state index is -3.27. The largest absolute Gasteiger partial charge is 0.448 e. The highest BCUT2D eigenvalue weighted by atomic mass is 35.5. The lowest BCUT2D eigenvalue weighted by Gasteiger charge is -2.17. The zero-order valence-corrected chi connectivity index (χ0v) is 19.8. The number of halogens is 3. The number of ether oxygens (including phenoxy) is 1. The molecule has 13 heteroatoms. The van der Waals surface area contributed by atoms with Gasteiger partial charge in [0, 0.05) is 37.3 Å². The van der Waals surface area contributed by atoms with Crippen LogP contribution in [0.25, 0.3) is 11.0 Å². The minimum Gasteiger partial charge on any atom is -0.448 e. The van der Waals surface area contributed by atoms with Crippen molar-refractivity contribution in [2.45, 2.75) is 25.8 Å². The SMILES string of the molecule is CCC(CCNS(C)(=O)=O)Nc1ncc2cc(Oc3ccc(F)cc3F)c(=O)n(C)c2n1.Cl. The van der Waals surface area contributed by atoms with Crippen LogP contribution in [-0.2, 0) is 17.1 Å². The van der Waals surface area contributed by atoms with Gasteiger partial charge in [-0.2, -0.15) is 4.98 Å². The minimum absolute atomic E-state index is 0. The van der Waals surface area contributed by atoms with Gasteiger partial charge >= 0.3 is 0 Å². The molecule has 0 saturated carbocycles. The summed E-state index contributed by atoms with van der Waals surface area (Å²) in [6, 6.07) is 4.08. The van der Waals surface area contributed by atoms with E-state index in [1.165, 1.54) is 23.9 Å². The van der Waals surface area contributed by atoms with E-state index in [-0.39, 0.29) is 42.4 Å². The van der Waals surface area contributed by atoms with Crippen molar-refractivity contribution in [2.75, 3.05) is 18.1 Å². The Morgan fingerprint density at radius 1 is 1.21 bits per heavy atom. The number of sulfonamides is 1. The highest BCUT2D eigenvalue weighted by Gasteiger charge is 2.15. The van der Waals surface area contributed by atoms with E-state index in [2.05, 4.69) is 20.0 Å². The quantitative estimate of drug-likeness (QED) is 0.461. The van der Waals surface area contributed by atoms with E-state index in [4.69, 9.17) is 4.74 Å².